The summed E-state index contributed by atoms with van der Waals surface area (Å²) in [5.41, 5.74) is 0.850. The van der Waals surface area contributed by atoms with Crippen molar-refractivity contribution in [3.63, 3.8) is 0 Å². The van der Waals surface area contributed by atoms with E-state index < -0.39 is 17.8 Å². The maximum Gasteiger partial charge on any atom is 0.410 e. The molecule has 0 N–H and O–H groups in total. The predicted molar refractivity (Wildman–Crippen MR) is 126 cm³/mol. The van der Waals surface area contributed by atoms with Crippen LogP contribution in [-0.4, -0.2) is 59.9 Å². The third-order valence-corrected chi connectivity index (χ3v) is 5.28. The van der Waals surface area contributed by atoms with Crippen LogP contribution in [0.2, 0.25) is 0 Å². The molecular weight excluding hydrogens is 434 g/mol. The molecule has 1 heterocycles. The number of nitrogens with zero attached hydrogens (tertiary/aromatic N) is 3. The Bertz CT molecular complexity index is 996. The van der Waals surface area contributed by atoms with E-state index in [1.807, 2.05) is 51.1 Å². The van der Waals surface area contributed by atoms with E-state index in [0.717, 1.165) is 5.56 Å². The van der Waals surface area contributed by atoms with Gasteiger partial charge < -0.3 is 24.0 Å². The Morgan fingerprint density at radius 2 is 1.74 bits per heavy atom. The first-order valence-corrected chi connectivity index (χ1v) is 11.3. The zero-order valence-corrected chi connectivity index (χ0v) is 19.9. The van der Waals surface area contributed by atoms with E-state index in [4.69, 9.17) is 19.5 Å². The number of ether oxygens (including phenoxy) is 3. The molecule has 0 radical (unpaired) electrons. The van der Waals surface area contributed by atoms with Gasteiger partial charge >= 0.3 is 12.2 Å². The molecule has 0 unspecified atom stereocenters. The predicted octanol–water partition coefficient (Wildman–Crippen LogP) is 4.59. The Kier molecular flexibility index (Phi) is 8.36. The molecule has 1 atom stereocenters. The minimum absolute atomic E-state index is 0.193. The van der Waals surface area contributed by atoms with Crippen LogP contribution in [0.5, 0.6) is 5.75 Å². The van der Waals surface area contributed by atoms with E-state index >= 15 is 0 Å². The quantitative estimate of drug-likeness (QED) is 0.620. The molecular formula is C26H31N3O5. The molecule has 8 heteroatoms. The van der Waals surface area contributed by atoms with Crippen molar-refractivity contribution in [3.05, 3.63) is 65.7 Å². The molecule has 1 aliphatic rings. The Balaban J connectivity index is 1.61. The summed E-state index contributed by atoms with van der Waals surface area (Å²) < 4.78 is 16.9. The van der Waals surface area contributed by atoms with Gasteiger partial charge in [-0.3, -0.25) is 0 Å². The highest BCUT2D eigenvalue weighted by Gasteiger charge is 2.35. The maximum absolute atomic E-state index is 12.8. The molecule has 2 aromatic carbocycles. The lowest BCUT2D eigenvalue weighted by Crippen LogP contribution is -2.57. The van der Waals surface area contributed by atoms with Gasteiger partial charge in [-0.2, -0.15) is 5.26 Å². The second-order valence-corrected chi connectivity index (χ2v) is 9.09. The van der Waals surface area contributed by atoms with Crippen LogP contribution < -0.4 is 4.74 Å². The smallest absolute Gasteiger partial charge is 0.410 e. The third kappa shape index (κ3) is 7.41. The second kappa shape index (κ2) is 11.4. The zero-order chi connectivity index (χ0) is 24.6. The van der Waals surface area contributed by atoms with Crippen molar-refractivity contribution in [1.29, 1.82) is 5.26 Å². The molecule has 0 saturated carbocycles. The second-order valence-electron chi connectivity index (χ2n) is 9.09. The summed E-state index contributed by atoms with van der Waals surface area (Å²) in [4.78, 5) is 28.8. The summed E-state index contributed by atoms with van der Waals surface area (Å²) in [5.74, 6) is 0.637. The molecule has 0 aromatic heterocycles. The molecule has 1 aliphatic heterocycles. The maximum atomic E-state index is 12.8. The molecule has 1 fully saturated rings. The average Bonchev–Trinajstić information content (AvgIpc) is 2.82. The van der Waals surface area contributed by atoms with Gasteiger partial charge in [-0.1, -0.05) is 30.3 Å². The summed E-state index contributed by atoms with van der Waals surface area (Å²) in [6.45, 7) is 7.03. The SMILES string of the molecule is CC(C)(C)OC(=O)N1CCN(C(=O)OCc2ccccc2)C[C@H]1CCOc1ccc(C#N)cc1. The van der Waals surface area contributed by atoms with Gasteiger partial charge in [0.05, 0.1) is 24.3 Å². The van der Waals surface area contributed by atoms with Crippen LogP contribution in [0.1, 0.15) is 38.3 Å². The summed E-state index contributed by atoms with van der Waals surface area (Å²) in [5, 5.41) is 8.93. The standard InChI is InChI=1S/C26H31N3O5/c1-26(2,3)34-25(31)29-15-14-28(24(30)33-19-21-7-5-4-6-8-21)18-22(29)13-16-32-23-11-9-20(17-27)10-12-23/h4-12,22H,13-16,18-19H2,1-3H3/t22-/m1/s1. The number of amides is 2. The number of piperazine rings is 1. The van der Waals surface area contributed by atoms with Crippen molar-refractivity contribution < 1.29 is 23.8 Å². The van der Waals surface area contributed by atoms with Crippen LogP contribution in [0.15, 0.2) is 54.6 Å². The monoisotopic (exact) mass is 465 g/mol. The van der Waals surface area contributed by atoms with E-state index in [0.29, 0.717) is 44.0 Å². The summed E-state index contributed by atoms with van der Waals surface area (Å²) >= 11 is 0. The van der Waals surface area contributed by atoms with Crippen LogP contribution in [0.25, 0.3) is 0 Å². The van der Waals surface area contributed by atoms with Gasteiger partial charge in [0.1, 0.15) is 18.0 Å². The number of carbonyl (C=O) groups is 2. The van der Waals surface area contributed by atoms with Gasteiger partial charge in [0.15, 0.2) is 0 Å². The fraction of sp³-hybridized carbons (Fsp3) is 0.423. The van der Waals surface area contributed by atoms with Crippen molar-refractivity contribution in [2.45, 2.75) is 45.4 Å². The minimum atomic E-state index is -0.619. The fourth-order valence-corrected chi connectivity index (χ4v) is 3.58. The Labute approximate surface area is 200 Å². The average molecular weight is 466 g/mol. The highest BCUT2D eigenvalue weighted by molar-refractivity contribution is 5.71. The summed E-state index contributed by atoms with van der Waals surface area (Å²) in [7, 11) is 0. The van der Waals surface area contributed by atoms with Crippen LogP contribution in [0.4, 0.5) is 9.59 Å². The summed E-state index contributed by atoms with van der Waals surface area (Å²) in [6, 6.07) is 18.1. The molecule has 2 aromatic rings. The molecule has 0 spiro atoms. The van der Waals surface area contributed by atoms with Crippen LogP contribution in [-0.2, 0) is 16.1 Å². The van der Waals surface area contributed by atoms with E-state index in [-0.39, 0.29) is 12.6 Å². The molecule has 180 valence electrons. The molecule has 1 saturated heterocycles. The number of rotatable bonds is 6. The van der Waals surface area contributed by atoms with Gasteiger partial charge in [-0.05, 0) is 50.6 Å². The summed E-state index contributed by atoms with van der Waals surface area (Å²) in [6.07, 6.45) is -0.319. The lowest BCUT2D eigenvalue weighted by Gasteiger charge is -2.41. The number of hydrogen-bond acceptors (Lipinski definition) is 6. The van der Waals surface area contributed by atoms with Crippen molar-refractivity contribution in [1.82, 2.24) is 9.80 Å². The first-order chi connectivity index (χ1) is 16.2. The van der Waals surface area contributed by atoms with Crippen molar-refractivity contribution >= 4 is 12.2 Å². The van der Waals surface area contributed by atoms with Gasteiger partial charge in [-0.25, -0.2) is 9.59 Å². The van der Waals surface area contributed by atoms with Gasteiger partial charge in [-0.15, -0.1) is 0 Å². The number of benzene rings is 2. The van der Waals surface area contributed by atoms with Gasteiger partial charge in [0.25, 0.3) is 0 Å². The van der Waals surface area contributed by atoms with Crippen molar-refractivity contribution in [2.24, 2.45) is 0 Å². The number of carbonyl (C=O) groups excluding carboxylic acids is 2. The molecule has 3 rings (SSSR count). The lowest BCUT2D eigenvalue weighted by atomic mass is 10.1. The lowest BCUT2D eigenvalue weighted by molar-refractivity contribution is -0.00614. The first kappa shape index (κ1) is 24.9. The first-order valence-electron chi connectivity index (χ1n) is 11.3. The minimum Gasteiger partial charge on any atom is -0.494 e. The van der Waals surface area contributed by atoms with E-state index in [1.165, 1.54) is 0 Å². The third-order valence-electron chi connectivity index (χ3n) is 5.28. The molecule has 2 amide bonds. The highest BCUT2D eigenvalue weighted by atomic mass is 16.6. The van der Waals surface area contributed by atoms with Crippen LogP contribution in [0.3, 0.4) is 0 Å². The van der Waals surface area contributed by atoms with Gasteiger partial charge in [0, 0.05) is 26.1 Å². The normalized spacial score (nSPS) is 15.9. The van der Waals surface area contributed by atoms with E-state index in [9.17, 15) is 9.59 Å². The molecule has 0 bridgehead atoms. The molecule has 0 aliphatic carbocycles. The number of hydrogen-bond donors (Lipinski definition) is 0. The fourth-order valence-electron chi connectivity index (χ4n) is 3.58. The van der Waals surface area contributed by atoms with Crippen molar-refractivity contribution in [3.8, 4) is 11.8 Å². The Morgan fingerprint density at radius 3 is 2.38 bits per heavy atom. The molecule has 34 heavy (non-hydrogen) atoms. The number of nitriles is 1. The van der Waals surface area contributed by atoms with Crippen molar-refractivity contribution in [2.75, 3.05) is 26.2 Å². The van der Waals surface area contributed by atoms with E-state index in [1.54, 1.807) is 34.1 Å². The van der Waals surface area contributed by atoms with Crippen LogP contribution >= 0.6 is 0 Å². The Morgan fingerprint density at radius 1 is 1.03 bits per heavy atom. The van der Waals surface area contributed by atoms with Gasteiger partial charge in [0.2, 0.25) is 0 Å². The topological polar surface area (TPSA) is 92.1 Å². The molecule has 8 nitrogen and oxygen atoms in total. The van der Waals surface area contributed by atoms with E-state index in [2.05, 4.69) is 6.07 Å². The van der Waals surface area contributed by atoms with Crippen LogP contribution in [0, 0.1) is 11.3 Å². The zero-order valence-electron chi connectivity index (χ0n) is 19.9. The highest BCUT2D eigenvalue weighted by Crippen LogP contribution is 2.20. The Hall–Kier alpha value is -3.73. The largest absolute Gasteiger partial charge is 0.494 e.